The van der Waals surface area contributed by atoms with Crippen LogP contribution < -0.4 is 4.74 Å². The molecule has 0 aliphatic heterocycles. The maximum atomic E-state index is 11.6. The van der Waals surface area contributed by atoms with E-state index in [-0.39, 0.29) is 17.8 Å². The number of aliphatic hydroxyl groups excluding tert-OH is 1. The molecule has 0 spiro atoms. The van der Waals surface area contributed by atoms with Crippen molar-refractivity contribution in [3.05, 3.63) is 41.7 Å². The van der Waals surface area contributed by atoms with Gasteiger partial charge in [0, 0.05) is 5.56 Å². The number of ether oxygens (including phenoxy) is 2. The number of thioether (sulfide) groups is 1. The first-order valence-electron chi connectivity index (χ1n) is 7.12. The Hall–Kier alpha value is -1.99. The number of carbonyl (C=O) groups excluding carboxylic acids is 1. The van der Waals surface area contributed by atoms with Gasteiger partial charge in [0.05, 0.1) is 39.3 Å². The second-order valence-electron chi connectivity index (χ2n) is 4.87. The van der Waals surface area contributed by atoms with Gasteiger partial charge in [0.15, 0.2) is 5.16 Å². The molecule has 0 fully saturated rings. The summed E-state index contributed by atoms with van der Waals surface area (Å²) in [4.78, 5) is 15.9. The Morgan fingerprint density at radius 1 is 1.39 bits per heavy atom. The van der Waals surface area contributed by atoms with Crippen LogP contribution in [-0.2, 0) is 22.7 Å². The number of carbonyl (C=O) groups is 1. The molecule has 1 aromatic heterocycles. The van der Waals surface area contributed by atoms with Gasteiger partial charge in [0.25, 0.3) is 0 Å². The standard InChI is InChI=1S/C16H20N2O4S/c1-11(15(20)22-3)23-16-17-8-13(10-19)18(16)9-12-6-4-5-7-14(12)21-2/h4-8,11,19H,9-10H2,1-3H3. The largest absolute Gasteiger partial charge is 0.496 e. The molecule has 2 rings (SSSR count). The lowest BCUT2D eigenvalue weighted by molar-refractivity contribution is -0.139. The van der Waals surface area contributed by atoms with Crippen molar-refractivity contribution in [1.29, 1.82) is 0 Å². The minimum Gasteiger partial charge on any atom is -0.496 e. The molecule has 0 aliphatic rings. The lowest BCUT2D eigenvalue weighted by atomic mass is 10.2. The number of benzene rings is 1. The summed E-state index contributed by atoms with van der Waals surface area (Å²) in [5.74, 6) is 0.453. The second kappa shape index (κ2) is 8.03. The fourth-order valence-electron chi connectivity index (χ4n) is 2.16. The van der Waals surface area contributed by atoms with Gasteiger partial charge in [-0.15, -0.1) is 0 Å². The molecular weight excluding hydrogens is 316 g/mol. The SMILES string of the molecule is COC(=O)C(C)Sc1ncc(CO)n1Cc1ccccc1OC. The van der Waals surface area contributed by atoms with E-state index in [1.54, 1.807) is 20.2 Å². The van der Waals surface area contributed by atoms with E-state index >= 15 is 0 Å². The van der Waals surface area contributed by atoms with Crippen molar-refractivity contribution in [2.75, 3.05) is 14.2 Å². The second-order valence-corrected chi connectivity index (χ2v) is 6.18. The number of aliphatic hydroxyl groups is 1. The Morgan fingerprint density at radius 3 is 2.78 bits per heavy atom. The molecule has 1 atom stereocenters. The molecule has 0 radical (unpaired) electrons. The van der Waals surface area contributed by atoms with E-state index < -0.39 is 0 Å². The number of hydrogen-bond donors (Lipinski definition) is 1. The van der Waals surface area contributed by atoms with Crippen molar-refractivity contribution in [2.45, 2.75) is 30.5 Å². The van der Waals surface area contributed by atoms with Gasteiger partial charge in [-0.25, -0.2) is 4.98 Å². The predicted octanol–water partition coefficient (Wildman–Crippen LogP) is 2.09. The normalized spacial score (nSPS) is 12.0. The summed E-state index contributed by atoms with van der Waals surface area (Å²) in [6.45, 7) is 2.13. The number of para-hydroxylation sites is 1. The Kier molecular flexibility index (Phi) is 6.06. The summed E-state index contributed by atoms with van der Waals surface area (Å²) in [7, 11) is 2.98. The van der Waals surface area contributed by atoms with Crippen LogP contribution in [0.2, 0.25) is 0 Å². The highest BCUT2D eigenvalue weighted by Gasteiger charge is 2.20. The van der Waals surface area contributed by atoms with Gasteiger partial charge in [-0.1, -0.05) is 30.0 Å². The fourth-order valence-corrected chi connectivity index (χ4v) is 3.09. The van der Waals surface area contributed by atoms with Crippen molar-refractivity contribution in [3.63, 3.8) is 0 Å². The molecule has 0 saturated heterocycles. The lowest BCUT2D eigenvalue weighted by Gasteiger charge is -2.15. The molecular formula is C16H20N2O4S. The van der Waals surface area contributed by atoms with Crippen LogP contribution in [0.3, 0.4) is 0 Å². The molecule has 7 heteroatoms. The molecule has 124 valence electrons. The van der Waals surface area contributed by atoms with Gasteiger partial charge in [0.1, 0.15) is 11.0 Å². The number of methoxy groups -OCH3 is 2. The molecule has 0 saturated carbocycles. The summed E-state index contributed by atoms with van der Waals surface area (Å²) >= 11 is 1.30. The zero-order valence-corrected chi connectivity index (χ0v) is 14.2. The molecule has 1 N–H and O–H groups in total. The Labute approximate surface area is 139 Å². The summed E-state index contributed by atoms with van der Waals surface area (Å²) in [6.07, 6.45) is 1.61. The van der Waals surface area contributed by atoms with Crippen molar-refractivity contribution in [2.24, 2.45) is 0 Å². The third-order valence-corrected chi connectivity index (χ3v) is 4.48. The zero-order chi connectivity index (χ0) is 16.8. The van der Waals surface area contributed by atoms with Crippen molar-refractivity contribution < 1.29 is 19.4 Å². The average molecular weight is 336 g/mol. The van der Waals surface area contributed by atoms with Crippen molar-refractivity contribution >= 4 is 17.7 Å². The Bertz CT molecular complexity index is 672. The van der Waals surface area contributed by atoms with Gasteiger partial charge in [-0.05, 0) is 13.0 Å². The average Bonchev–Trinajstić information content (AvgIpc) is 2.96. The highest BCUT2D eigenvalue weighted by Crippen LogP contribution is 2.27. The molecule has 0 aliphatic carbocycles. The quantitative estimate of drug-likeness (QED) is 0.616. The maximum Gasteiger partial charge on any atom is 0.318 e. The lowest BCUT2D eigenvalue weighted by Crippen LogP contribution is -2.16. The van der Waals surface area contributed by atoms with Gasteiger partial charge in [-0.2, -0.15) is 0 Å². The van der Waals surface area contributed by atoms with E-state index in [0.29, 0.717) is 17.4 Å². The summed E-state index contributed by atoms with van der Waals surface area (Å²) in [6, 6.07) is 7.67. The highest BCUT2D eigenvalue weighted by atomic mass is 32.2. The topological polar surface area (TPSA) is 73.6 Å². The number of rotatable bonds is 7. The molecule has 0 bridgehead atoms. The van der Waals surface area contributed by atoms with Crippen LogP contribution in [0.1, 0.15) is 18.2 Å². The molecule has 1 unspecified atom stereocenters. The van der Waals surface area contributed by atoms with Gasteiger partial charge < -0.3 is 19.1 Å². The molecule has 23 heavy (non-hydrogen) atoms. The third-order valence-electron chi connectivity index (χ3n) is 3.40. The number of esters is 1. The van der Waals surface area contributed by atoms with Crippen LogP contribution in [-0.4, -0.2) is 40.1 Å². The smallest absolute Gasteiger partial charge is 0.318 e. The van der Waals surface area contributed by atoms with Crippen molar-refractivity contribution in [3.8, 4) is 5.75 Å². The van der Waals surface area contributed by atoms with E-state index in [9.17, 15) is 9.90 Å². The van der Waals surface area contributed by atoms with E-state index in [1.165, 1.54) is 18.9 Å². The van der Waals surface area contributed by atoms with Crippen LogP contribution in [0.4, 0.5) is 0 Å². The molecule has 6 nitrogen and oxygen atoms in total. The van der Waals surface area contributed by atoms with E-state index in [0.717, 1.165) is 11.3 Å². The van der Waals surface area contributed by atoms with Crippen LogP contribution >= 0.6 is 11.8 Å². The number of imidazole rings is 1. The molecule has 2 aromatic rings. The van der Waals surface area contributed by atoms with Crippen LogP contribution in [0.15, 0.2) is 35.6 Å². The Morgan fingerprint density at radius 2 is 2.13 bits per heavy atom. The first-order valence-corrected chi connectivity index (χ1v) is 8.00. The molecule has 1 aromatic carbocycles. The van der Waals surface area contributed by atoms with E-state index in [2.05, 4.69) is 4.98 Å². The van der Waals surface area contributed by atoms with E-state index in [4.69, 9.17) is 9.47 Å². The predicted molar refractivity (Wildman–Crippen MR) is 87.6 cm³/mol. The zero-order valence-electron chi connectivity index (χ0n) is 13.4. The monoisotopic (exact) mass is 336 g/mol. The Balaban J connectivity index is 2.30. The highest BCUT2D eigenvalue weighted by molar-refractivity contribution is 8.00. The minimum atomic E-state index is -0.384. The summed E-state index contributed by atoms with van der Waals surface area (Å²) in [5.41, 5.74) is 1.64. The summed E-state index contributed by atoms with van der Waals surface area (Å²) in [5, 5.41) is 9.80. The summed E-state index contributed by atoms with van der Waals surface area (Å²) < 4.78 is 12.0. The minimum absolute atomic E-state index is 0.130. The van der Waals surface area contributed by atoms with Crippen molar-refractivity contribution in [1.82, 2.24) is 9.55 Å². The van der Waals surface area contributed by atoms with Gasteiger partial charge >= 0.3 is 5.97 Å². The van der Waals surface area contributed by atoms with Crippen LogP contribution in [0.5, 0.6) is 5.75 Å². The molecule has 1 heterocycles. The van der Waals surface area contributed by atoms with E-state index in [1.807, 2.05) is 28.8 Å². The maximum absolute atomic E-state index is 11.6. The first-order chi connectivity index (χ1) is 11.1. The first kappa shape index (κ1) is 17.4. The third kappa shape index (κ3) is 4.05. The number of nitrogens with zero attached hydrogens (tertiary/aromatic N) is 2. The van der Waals surface area contributed by atoms with Gasteiger partial charge in [0.2, 0.25) is 0 Å². The van der Waals surface area contributed by atoms with Crippen LogP contribution in [0, 0.1) is 0 Å². The van der Waals surface area contributed by atoms with Crippen LogP contribution in [0.25, 0.3) is 0 Å². The fraction of sp³-hybridized carbons (Fsp3) is 0.375. The molecule has 0 amide bonds. The van der Waals surface area contributed by atoms with Gasteiger partial charge in [-0.3, -0.25) is 4.79 Å². The number of hydrogen-bond acceptors (Lipinski definition) is 6. The number of aromatic nitrogens is 2.